The molecule has 9 heteroatoms. The minimum atomic E-state index is -0.876. The van der Waals surface area contributed by atoms with E-state index < -0.39 is 22.6 Å². The molecule has 0 saturated heterocycles. The molecule has 0 aromatic heterocycles. The summed E-state index contributed by atoms with van der Waals surface area (Å²) in [6, 6.07) is 51.7. The average Bonchev–Trinajstić information content (AvgIpc) is 4.01. The van der Waals surface area contributed by atoms with E-state index in [1.807, 2.05) is 73.7 Å². The molecule has 75 heavy (non-hydrogen) atoms. The quantitative estimate of drug-likeness (QED) is 0.103. The van der Waals surface area contributed by atoms with Crippen molar-refractivity contribution in [2.45, 2.75) is 63.2 Å². The number of amides is 3. The molecule has 0 radical (unpaired) electrons. The monoisotopic (exact) mass is 984 g/mol. The Kier molecular flexibility index (Phi) is 10.5. The molecule has 0 spiro atoms. The van der Waals surface area contributed by atoms with E-state index in [0.29, 0.717) is 39.1 Å². The van der Waals surface area contributed by atoms with Gasteiger partial charge in [0, 0.05) is 42.0 Å². The number of anilines is 1. The number of nitrogens with zero attached hydrogens (tertiary/aromatic N) is 2. The Morgan fingerprint density at radius 2 is 1.05 bits per heavy atom. The van der Waals surface area contributed by atoms with Crippen molar-refractivity contribution < 1.29 is 34.2 Å². The molecule has 368 valence electrons. The standard InChI is InChI=1S/C66H52N2O7/c1-37-29-44(22-27-57(37)69)66(52-13-9-7-11-47(52)48-12-8-10-14-53(48)66)45-23-28-58(70)56(35-45)68-38(2)46-24-18-41(33-50(46)63(68)75)60(72)32-40-17-26-54-55(30-40)65(5,36-64(54,3)4)43-20-15-39(16-21-43)31-59(71)42-19-25-49-51(34-42)62(74)67(6)61(49)73/h7-30,33-35,69-70H,2,31-32,36H2,1,3-6H3. The normalized spacial score (nSPS) is 17.5. The van der Waals surface area contributed by atoms with Crippen LogP contribution in [0.15, 0.2) is 170 Å². The van der Waals surface area contributed by atoms with Crippen LogP contribution >= 0.6 is 0 Å². The Morgan fingerprint density at radius 3 is 1.69 bits per heavy atom. The van der Waals surface area contributed by atoms with Crippen LogP contribution in [0.1, 0.15) is 140 Å². The van der Waals surface area contributed by atoms with Gasteiger partial charge in [-0.2, -0.15) is 0 Å². The number of hydrogen-bond acceptors (Lipinski definition) is 7. The van der Waals surface area contributed by atoms with Crippen molar-refractivity contribution in [2.75, 3.05) is 11.9 Å². The number of hydrogen-bond donors (Lipinski definition) is 2. The van der Waals surface area contributed by atoms with E-state index in [0.717, 1.165) is 67.0 Å². The van der Waals surface area contributed by atoms with Crippen LogP contribution in [0.3, 0.4) is 0 Å². The zero-order valence-corrected chi connectivity index (χ0v) is 42.2. The Bertz CT molecular complexity index is 3840. The van der Waals surface area contributed by atoms with Crippen molar-refractivity contribution in [3.8, 4) is 22.6 Å². The number of phenols is 2. The predicted octanol–water partition coefficient (Wildman–Crippen LogP) is 12.5. The fraction of sp³-hybridized carbons (Fsp3) is 0.167. The van der Waals surface area contributed by atoms with Gasteiger partial charge < -0.3 is 10.2 Å². The number of imide groups is 1. The lowest BCUT2D eigenvalue weighted by Gasteiger charge is -2.35. The molecule has 3 amide bonds. The molecule has 1 atom stereocenters. The van der Waals surface area contributed by atoms with E-state index in [9.17, 15) is 34.2 Å². The number of benzene rings is 8. The lowest BCUT2D eigenvalue weighted by atomic mass is 9.67. The summed E-state index contributed by atoms with van der Waals surface area (Å²) >= 11 is 0. The second-order valence-electron chi connectivity index (χ2n) is 21.5. The van der Waals surface area contributed by atoms with E-state index in [1.54, 1.807) is 42.5 Å². The summed E-state index contributed by atoms with van der Waals surface area (Å²) in [4.78, 5) is 70.0. The van der Waals surface area contributed by atoms with Crippen LogP contribution < -0.4 is 4.90 Å². The molecule has 0 fully saturated rings. The van der Waals surface area contributed by atoms with Gasteiger partial charge in [-0.15, -0.1) is 0 Å². The molecule has 9 nitrogen and oxygen atoms in total. The van der Waals surface area contributed by atoms with E-state index in [2.05, 4.69) is 75.9 Å². The highest BCUT2D eigenvalue weighted by atomic mass is 16.3. The van der Waals surface area contributed by atoms with Crippen molar-refractivity contribution >= 4 is 40.7 Å². The summed E-state index contributed by atoms with van der Waals surface area (Å²) in [5.74, 6) is -1.41. The molecule has 2 aliphatic carbocycles. The first-order chi connectivity index (χ1) is 35.9. The van der Waals surface area contributed by atoms with Gasteiger partial charge in [-0.3, -0.25) is 33.8 Å². The molecule has 12 rings (SSSR count). The van der Waals surface area contributed by atoms with Gasteiger partial charge in [-0.05, 0) is 122 Å². The van der Waals surface area contributed by atoms with Crippen molar-refractivity contribution in [1.82, 2.24) is 4.90 Å². The maximum Gasteiger partial charge on any atom is 0.263 e. The minimum absolute atomic E-state index is 0.103. The highest BCUT2D eigenvalue weighted by Gasteiger charge is 2.48. The van der Waals surface area contributed by atoms with Gasteiger partial charge in [0.1, 0.15) is 11.5 Å². The summed E-state index contributed by atoms with van der Waals surface area (Å²) in [6.45, 7) is 12.9. The van der Waals surface area contributed by atoms with Gasteiger partial charge in [0.25, 0.3) is 17.7 Å². The highest BCUT2D eigenvalue weighted by Crippen LogP contribution is 2.58. The number of rotatable bonds is 10. The first-order valence-corrected chi connectivity index (χ1v) is 25.2. The molecule has 2 N–H and O–H groups in total. The van der Waals surface area contributed by atoms with Crippen LogP contribution in [-0.4, -0.2) is 51.4 Å². The molecule has 2 aliphatic heterocycles. The lowest BCUT2D eigenvalue weighted by molar-refractivity contribution is 0.0692. The third-order valence-corrected chi connectivity index (χ3v) is 16.5. The van der Waals surface area contributed by atoms with Gasteiger partial charge in [0.05, 0.1) is 33.5 Å². The van der Waals surface area contributed by atoms with Crippen molar-refractivity contribution in [2.24, 2.45) is 0 Å². The second-order valence-corrected chi connectivity index (χ2v) is 21.5. The maximum absolute atomic E-state index is 14.7. The summed E-state index contributed by atoms with van der Waals surface area (Å²) in [5, 5.41) is 22.4. The average molecular weight is 985 g/mol. The van der Waals surface area contributed by atoms with E-state index >= 15 is 0 Å². The Morgan fingerprint density at radius 1 is 0.520 bits per heavy atom. The summed E-state index contributed by atoms with van der Waals surface area (Å²) < 4.78 is 0. The van der Waals surface area contributed by atoms with Crippen LogP contribution in [0.5, 0.6) is 11.5 Å². The summed E-state index contributed by atoms with van der Waals surface area (Å²) in [7, 11) is 1.43. The molecule has 1 unspecified atom stereocenters. The summed E-state index contributed by atoms with van der Waals surface area (Å²) in [5.41, 5.74) is 13.1. The van der Waals surface area contributed by atoms with Gasteiger partial charge in [0.15, 0.2) is 11.6 Å². The van der Waals surface area contributed by atoms with Crippen LogP contribution in [-0.2, 0) is 29.1 Å². The number of phenolic OH excluding ortho intramolecular Hbond substituents is 2. The third-order valence-electron chi connectivity index (χ3n) is 16.5. The highest BCUT2D eigenvalue weighted by molar-refractivity contribution is 6.24. The van der Waals surface area contributed by atoms with Crippen molar-refractivity contribution in [1.29, 1.82) is 0 Å². The Hall–Kier alpha value is -8.95. The molecule has 0 saturated carbocycles. The van der Waals surface area contributed by atoms with Crippen molar-refractivity contribution in [3.63, 3.8) is 0 Å². The van der Waals surface area contributed by atoms with Crippen LogP contribution in [0, 0.1) is 6.92 Å². The number of Topliss-reactive ketones (excluding diaryl/α,β-unsaturated/α-hetero) is 2. The largest absolute Gasteiger partial charge is 0.508 e. The predicted molar refractivity (Wildman–Crippen MR) is 290 cm³/mol. The molecule has 2 heterocycles. The fourth-order valence-electron chi connectivity index (χ4n) is 12.8. The number of aryl methyl sites for hydroxylation is 1. The van der Waals surface area contributed by atoms with Crippen LogP contribution in [0.2, 0.25) is 0 Å². The number of aromatic hydroxyl groups is 2. The third kappa shape index (κ3) is 7.01. The van der Waals surface area contributed by atoms with Gasteiger partial charge in [-0.25, -0.2) is 0 Å². The zero-order chi connectivity index (χ0) is 52.5. The SMILES string of the molecule is C=C1c2ccc(C(=O)Cc3ccc4c(c3)C(C)(c3ccc(CC(=O)c5ccc6c(c5)C(=O)N(C)C6=O)cc3)CC4(C)C)cc2C(=O)N1c1cc(C2(c3ccc(O)c(C)c3)c3ccccc3-c3ccccc32)ccc1O. The second kappa shape index (κ2) is 16.8. The van der Waals surface area contributed by atoms with Crippen LogP contribution in [0.4, 0.5) is 5.69 Å². The molecule has 8 aromatic rings. The van der Waals surface area contributed by atoms with Gasteiger partial charge in [-0.1, -0.05) is 155 Å². The van der Waals surface area contributed by atoms with E-state index in [1.165, 1.54) is 23.6 Å². The van der Waals surface area contributed by atoms with Gasteiger partial charge in [0.2, 0.25) is 0 Å². The number of carbonyl (C=O) groups excluding carboxylic acids is 5. The molecule has 4 aliphatic rings. The fourth-order valence-corrected chi connectivity index (χ4v) is 12.8. The summed E-state index contributed by atoms with van der Waals surface area (Å²) in [6.07, 6.45) is 1.06. The first kappa shape index (κ1) is 47.1. The van der Waals surface area contributed by atoms with Crippen molar-refractivity contribution in [3.05, 3.63) is 259 Å². The smallest absolute Gasteiger partial charge is 0.263 e. The maximum atomic E-state index is 14.7. The molecule has 0 bridgehead atoms. The van der Waals surface area contributed by atoms with E-state index in [-0.39, 0.29) is 58.5 Å². The van der Waals surface area contributed by atoms with E-state index in [4.69, 9.17) is 0 Å². The molecule has 8 aromatic carbocycles. The first-order valence-electron chi connectivity index (χ1n) is 25.2. The number of fused-ring (bicyclic) bond motifs is 6. The lowest BCUT2D eigenvalue weighted by Crippen LogP contribution is -2.29. The number of carbonyl (C=O) groups is 5. The Balaban J connectivity index is 0.814. The minimum Gasteiger partial charge on any atom is -0.508 e. The Labute approximate surface area is 435 Å². The van der Waals surface area contributed by atoms with Crippen LogP contribution in [0.25, 0.3) is 16.8 Å². The molecular formula is C66H52N2O7. The topological polar surface area (TPSA) is 132 Å². The molecular weight excluding hydrogens is 933 g/mol. The van der Waals surface area contributed by atoms with Gasteiger partial charge >= 0.3 is 0 Å². The zero-order valence-electron chi connectivity index (χ0n) is 42.2. The number of ketones is 2.